The molecule has 18 heavy (non-hydrogen) atoms. The summed E-state index contributed by atoms with van der Waals surface area (Å²) in [5.41, 5.74) is 3.05. The molecule has 5 heteroatoms. The molecule has 0 saturated carbocycles. The summed E-state index contributed by atoms with van der Waals surface area (Å²) in [6.45, 7) is 2.66. The molecule has 2 aromatic rings. The molecule has 0 aliphatic rings. The first-order valence-corrected chi connectivity index (χ1v) is 6.03. The van der Waals surface area contributed by atoms with Crippen LogP contribution in [0.1, 0.15) is 11.3 Å². The number of aryl methyl sites for hydroxylation is 2. The predicted octanol–water partition coefficient (Wildman–Crippen LogP) is 3.00. The van der Waals surface area contributed by atoms with Crippen LogP contribution < -0.4 is 10.1 Å². The van der Waals surface area contributed by atoms with Crippen LogP contribution in [0, 0.1) is 6.92 Å². The van der Waals surface area contributed by atoms with Gasteiger partial charge in [-0.1, -0.05) is 11.6 Å². The van der Waals surface area contributed by atoms with Gasteiger partial charge in [-0.05, 0) is 18.6 Å². The summed E-state index contributed by atoms with van der Waals surface area (Å²) in [4.78, 5) is 4.08. The molecular formula is C13H16ClN3O. The number of hydrogen-bond donors (Lipinski definition) is 1. The van der Waals surface area contributed by atoms with Crippen molar-refractivity contribution in [3.63, 3.8) is 0 Å². The Hall–Kier alpha value is -1.68. The topological polar surface area (TPSA) is 39.1 Å². The zero-order chi connectivity index (χ0) is 13.1. The van der Waals surface area contributed by atoms with Crippen LogP contribution >= 0.6 is 11.6 Å². The van der Waals surface area contributed by atoms with Crippen molar-refractivity contribution in [1.82, 2.24) is 9.55 Å². The third-order valence-electron chi connectivity index (χ3n) is 2.86. The number of ether oxygens (including phenoxy) is 1. The predicted molar refractivity (Wildman–Crippen MR) is 73.3 cm³/mol. The van der Waals surface area contributed by atoms with Gasteiger partial charge in [0.15, 0.2) is 0 Å². The standard InChI is InChI=1S/C13H16ClN3O/c1-9-4-12(13(18-3)5-11(9)14)16-7-10-6-15-8-17(10)2/h4-6,8,16H,7H2,1-3H3. The zero-order valence-corrected chi connectivity index (χ0v) is 11.5. The molecule has 1 aromatic heterocycles. The summed E-state index contributed by atoms with van der Waals surface area (Å²) in [5, 5.41) is 4.04. The summed E-state index contributed by atoms with van der Waals surface area (Å²) in [6.07, 6.45) is 3.61. The molecule has 0 amide bonds. The van der Waals surface area contributed by atoms with Gasteiger partial charge in [0.1, 0.15) is 5.75 Å². The summed E-state index contributed by atoms with van der Waals surface area (Å²) in [7, 11) is 3.60. The lowest BCUT2D eigenvalue weighted by atomic mass is 10.2. The fraction of sp³-hybridized carbons (Fsp3) is 0.308. The Morgan fingerprint density at radius 2 is 2.22 bits per heavy atom. The van der Waals surface area contributed by atoms with Crippen LogP contribution in [0.3, 0.4) is 0 Å². The molecule has 1 N–H and O–H groups in total. The van der Waals surface area contributed by atoms with Crippen LogP contribution in [-0.2, 0) is 13.6 Å². The summed E-state index contributed by atoms with van der Waals surface area (Å²) < 4.78 is 7.29. The second-order valence-electron chi connectivity index (χ2n) is 4.15. The van der Waals surface area contributed by atoms with Crippen LogP contribution in [-0.4, -0.2) is 16.7 Å². The van der Waals surface area contributed by atoms with Crippen molar-refractivity contribution in [2.75, 3.05) is 12.4 Å². The Balaban J connectivity index is 2.18. The minimum Gasteiger partial charge on any atom is -0.495 e. The summed E-state index contributed by atoms with van der Waals surface area (Å²) >= 11 is 6.07. The van der Waals surface area contributed by atoms with Gasteiger partial charge in [0.25, 0.3) is 0 Å². The monoisotopic (exact) mass is 265 g/mol. The van der Waals surface area contributed by atoms with Gasteiger partial charge in [-0.25, -0.2) is 4.98 Å². The number of rotatable bonds is 4. The minimum absolute atomic E-state index is 0.688. The highest BCUT2D eigenvalue weighted by atomic mass is 35.5. The van der Waals surface area contributed by atoms with E-state index in [9.17, 15) is 0 Å². The van der Waals surface area contributed by atoms with E-state index in [1.807, 2.05) is 36.9 Å². The number of halogens is 1. The highest BCUT2D eigenvalue weighted by Gasteiger charge is 2.07. The Bertz CT molecular complexity index is 551. The zero-order valence-electron chi connectivity index (χ0n) is 10.7. The largest absolute Gasteiger partial charge is 0.495 e. The van der Waals surface area contributed by atoms with Crippen molar-refractivity contribution in [2.45, 2.75) is 13.5 Å². The molecule has 0 atom stereocenters. The molecule has 0 aliphatic heterocycles. The number of benzene rings is 1. The maximum Gasteiger partial charge on any atom is 0.143 e. The normalized spacial score (nSPS) is 10.4. The number of hydrogen-bond acceptors (Lipinski definition) is 3. The van der Waals surface area contributed by atoms with Gasteiger partial charge in [-0.15, -0.1) is 0 Å². The Kier molecular flexibility index (Phi) is 3.77. The average Bonchev–Trinajstić information content (AvgIpc) is 2.76. The molecule has 0 bridgehead atoms. The Morgan fingerprint density at radius 3 is 2.83 bits per heavy atom. The van der Waals surface area contributed by atoms with Crippen LogP contribution in [0.25, 0.3) is 0 Å². The highest BCUT2D eigenvalue weighted by Crippen LogP contribution is 2.31. The van der Waals surface area contributed by atoms with Crippen LogP contribution in [0.4, 0.5) is 5.69 Å². The van der Waals surface area contributed by atoms with Crippen molar-refractivity contribution in [1.29, 1.82) is 0 Å². The molecule has 0 spiro atoms. The van der Waals surface area contributed by atoms with E-state index in [-0.39, 0.29) is 0 Å². The van der Waals surface area contributed by atoms with E-state index in [2.05, 4.69) is 10.3 Å². The van der Waals surface area contributed by atoms with E-state index in [0.717, 1.165) is 22.7 Å². The molecule has 2 rings (SSSR count). The number of anilines is 1. The minimum atomic E-state index is 0.688. The Labute approximate surface area is 112 Å². The van der Waals surface area contributed by atoms with Gasteiger partial charge < -0.3 is 14.6 Å². The number of aromatic nitrogens is 2. The first-order valence-electron chi connectivity index (χ1n) is 5.65. The van der Waals surface area contributed by atoms with Crippen molar-refractivity contribution in [3.8, 4) is 5.75 Å². The van der Waals surface area contributed by atoms with Crippen molar-refractivity contribution >= 4 is 17.3 Å². The molecule has 1 aromatic carbocycles. The van der Waals surface area contributed by atoms with E-state index in [1.54, 1.807) is 13.4 Å². The maximum absolute atomic E-state index is 6.07. The number of nitrogens with one attached hydrogen (secondary N) is 1. The van der Waals surface area contributed by atoms with E-state index < -0.39 is 0 Å². The molecule has 1 heterocycles. The molecule has 0 unspecified atom stereocenters. The molecule has 0 fully saturated rings. The van der Waals surface area contributed by atoms with Crippen molar-refractivity contribution in [3.05, 3.63) is 40.9 Å². The fourth-order valence-corrected chi connectivity index (χ4v) is 1.86. The lowest BCUT2D eigenvalue weighted by Gasteiger charge is -2.13. The Morgan fingerprint density at radius 1 is 1.44 bits per heavy atom. The van der Waals surface area contributed by atoms with Crippen LogP contribution in [0.2, 0.25) is 5.02 Å². The smallest absolute Gasteiger partial charge is 0.143 e. The van der Waals surface area contributed by atoms with Gasteiger partial charge in [0, 0.05) is 24.3 Å². The van der Waals surface area contributed by atoms with Gasteiger partial charge >= 0.3 is 0 Å². The van der Waals surface area contributed by atoms with E-state index >= 15 is 0 Å². The van der Waals surface area contributed by atoms with Crippen molar-refractivity contribution < 1.29 is 4.74 Å². The number of imidazole rings is 1. The lowest BCUT2D eigenvalue weighted by molar-refractivity contribution is 0.416. The molecule has 0 saturated heterocycles. The van der Waals surface area contributed by atoms with E-state index in [1.165, 1.54) is 0 Å². The van der Waals surface area contributed by atoms with Crippen molar-refractivity contribution in [2.24, 2.45) is 7.05 Å². The number of nitrogens with zero attached hydrogens (tertiary/aromatic N) is 2. The fourth-order valence-electron chi connectivity index (χ4n) is 1.71. The van der Waals surface area contributed by atoms with E-state index in [0.29, 0.717) is 11.6 Å². The first kappa shape index (κ1) is 12.8. The second kappa shape index (κ2) is 5.31. The van der Waals surface area contributed by atoms with Crippen LogP contribution in [0.5, 0.6) is 5.75 Å². The molecular weight excluding hydrogens is 250 g/mol. The molecule has 0 aliphatic carbocycles. The molecule has 0 radical (unpaired) electrons. The van der Waals surface area contributed by atoms with Gasteiger partial charge in [0.2, 0.25) is 0 Å². The van der Waals surface area contributed by atoms with Crippen LogP contribution in [0.15, 0.2) is 24.7 Å². The second-order valence-corrected chi connectivity index (χ2v) is 4.56. The average molecular weight is 266 g/mol. The third-order valence-corrected chi connectivity index (χ3v) is 3.26. The summed E-state index contributed by atoms with van der Waals surface area (Å²) in [6, 6.07) is 3.81. The quantitative estimate of drug-likeness (QED) is 0.924. The van der Waals surface area contributed by atoms with Gasteiger partial charge in [0.05, 0.1) is 31.4 Å². The third kappa shape index (κ3) is 2.59. The first-order chi connectivity index (χ1) is 8.61. The number of methoxy groups -OCH3 is 1. The van der Waals surface area contributed by atoms with Gasteiger partial charge in [-0.3, -0.25) is 0 Å². The SMILES string of the molecule is COc1cc(Cl)c(C)cc1NCc1cncn1C. The van der Waals surface area contributed by atoms with E-state index in [4.69, 9.17) is 16.3 Å². The van der Waals surface area contributed by atoms with Gasteiger partial charge in [-0.2, -0.15) is 0 Å². The summed E-state index contributed by atoms with van der Waals surface area (Å²) in [5.74, 6) is 0.743. The maximum atomic E-state index is 6.07. The lowest BCUT2D eigenvalue weighted by Crippen LogP contribution is -2.05. The molecule has 96 valence electrons. The highest BCUT2D eigenvalue weighted by molar-refractivity contribution is 6.31. The molecule has 4 nitrogen and oxygen atoms in total.